The molecule has 64 valence electrons. The van der Waals surface area contributed by atoms with Crippen LogP contribution in [-0.4, -0.2) is 6.41 Å². The lowest BCUT2D eigenvalue weighted by atomic mass is 10.1. The first-order chi connectivity index (χ1) is 5.65. The number of anilines is 1. The molecule has 0 spiro atoms. The molecule has 0 saturated heterocycles. The summed E-state index contributed by atoms with van der Waals surface area (Å²) in [5.41, 5.74) is 2.91. The maximum absolute atomic E-state index is 10.3. The number of nitrogens with two attached hydrogens (primary N) is 1. The van der Waals surface area contributed by atoms with E-state index in [9.17, 15) is 4.79 Å². The van der Waals surface area contributed by atoms with Gasteiger partial charge in [-0.2, -0.15) is 0 Å². The molecule has 1 aromatic carbocycles. The Bertz CT molecular complexity index is 297. The maximum atomic E-state index is 10.3. The highest BCUT2D eigenvalue weighted by Gasteiger charge is 2.02. The van der Waals surface area contributed by atoms with Gasteiger partial charge in [0.2, 0.25) is 6.41 Å². The standard InChI is InChI=1S/C9H12N2O/c1-7-3-4-9(8(2)5-7)11(10)6-12/h3-6H,10H2,1-2H3. The number of rotatable bonds is 2. The van der Waals surface area contributed by atoms with E-state index in [0.29, 0.717) is 6.41 Å². The molecule has 0 saturated carbocycles. The molecule has 3 nitrogen and oxygen atoms in total. The van der Waals surface area contributed by atoms with Crippen LogP contribution in [0.3, 0.4) is 0 Å². The highest BCUT2D eigenvalue weighted by molar-refractivity contribution is 5.75. The van der Waals surface area contributed by atoms with E-state index in [1.54, 1.807) is 0 Å². The highest BCUT2D eigenvalue weighted by Crippen LogP contribution is 2.17. The minimum Gasteiger partial charge on any atom is -0.277 e. The Kier molecular flexibility index (Phi) is 2.45. The fraction of sp³-hybridized carbons (Fsp3) is 0.222. The van der Waals surface area contributed by atoms with E-state index in [1.807, 2.05) is 32.0 Å². The van der Waals surface area contributed by atoms with Crippen LogP contribution in [0.4, 0.5) is 5.69 Å². The molecule has 2 N–H and O–H groups in total. The SMILES string of the molecule is Cc1ccc(N(N)C=O)c(C)c1. The van der Waals surface area contributed by atoms with Crippen LogP contribution in [0.25, 0.3) is 0 Å². The minimum absolute atomic E-state index is 0.595. The zero-order valence-electron chi connectivity index (χ0n) is 7.24. The molecule has 0 unspecified atom stereocenters. The molecule has 0 aliphatic rings. The molecular formula is C9H12N2O. The number of carbonyl (C=O) groups excluding carboxylic acids is 1. The van der Waals surface area contributed by atoms with Crippen LogP contribution in [0.2, 0.25) is 0 Å². The summed E-state index contributed by atoms with van der Waals surface area (Å²) >= 11 is 0. The zero-order valence-corrected chi connectivity index (χ0v) is 7.24. The van der Waals surface area contributed by atoms with Gasteiger partial charge < -0.3 is 0 Å². The van der Waals surface area contributed by atoms with Gasteiger partial charge in [0, 0.05) is 0 Å². The second kappa shape index (κ2) is 3.36. The van der Waals surface area contributed by atoms with Gasteiger partial charge >= 0.3 is 0 Å². The number of nitrogens with zero attached hydrogens (tertiary/aromatic N) is 1. The second-order valence-electron chi connectivity index (χ2n) is 2.80. The molecule has 0 fully saturated rings. The third kappa shape index (κ3) is 1.62. The molecule has 0 radical (unpaired) electrons. The molecule has 0 aliphatic carbocycles. The summed E-state index contributed by atoms with van der Waals surface area (Å²) in [6.07, 6.45) is 0.595. The van der Waals surface area contributed by atoms with Crippen LogP contribution in [0.1, 0.15) is 11.1 Å². The van der Waals surface area contributed by atoms with Gasteiger partial charge in [-0.05, 0) is 25.5 Å². The van der Waals surface area contributed by atoms with Crippen LogP contribution >= 0.6 is 0 Å². The van der Waals surface area contributed by atoms with E-state index in [1.165, 1.54) is 0 Å². The largest absolute Gasteiger partial charge is 0.277 e. The number of amides is 1. The molecule has 0 aromatic heterocycles. The number of hydrazine groups is 1. The third-order valence-electron chi connectivity index (χ3n) is 1.74. The summed E-state index contributed by atoms with van der Waals surface area (Å²) in [5.74, 6) is 5.41. The van der Waals surface area contributed by atoms with Crippen LogP contribution in [0, 0.1) is 13.8 Å². The van der Waals surface area contributed by atoms with Crippen molar-refractivity contribution in [1.29, 1.82) is 0 Å². The molecule has 1 aromatic rings. The highest BCUT2D eigenvalue weighted by atomic mass is 16.1. The summed E-state index contributed by atoms with van der Waals surface area (Å²) in [6.45, 7) is 3.92. The molecule has 0 bridgehead atoms. The van der Waals surface area contributed by atoms with Gasteiger partial charge in [0.25, 0.3) is 0 Å². The number of hydrogen-bond donors (Lipinski definition) is 1. The van der Waals surface area contributed by atoms with Gasteiger partial charge in [-0.15, -0.1) is 0 Å². The van der Waals surface area contributed by atoms with Gasteiger partial charge in [0.05, 0.1) is 5.69 Å². The van der Waals surface area contributed by atoms with Crippen molar-refractivity contribution in [3.05, 3.63) is 29.3 Å². The summed E-state index contributed by atoms with van der Waals surface area (Å²) in [6, 6.07) is 5.74. The molecule has 0 atom stereocenters. The Morgan fingerprint density at radius 3 is 2.58 bits per heavy atom. The van der Waals surface area contributed by atoms with E-state index in [2.05, 4.69) is 0 Å². The first-order valence-electron chi connectivity index (χ1n) is 3.71. The summed E-state index contributed by atoms with van der Waals surface area (Å²) in [7, 11) is 0. The molecular weight excluding hydrogens is 152 g/mol. The van der Waals surface area contributed by atoms with Gasteiger partial charge in [0.1, 0.15) is 0 Å². The molecule has 1 amide bonds. The van der Waals surface area contributed by atoms with Crippen molar-refractivity contribution in [2.75, 3.05) is 5.01 Å². The number of benzene rings is 1. The van der Waals surface area contributed by atoms with Crippen molar-refractivity contribution >= 4 is 12.1 Å². The van der Waals surface area contributed by atoms with Crippen molar-refractivity contribution in [3.63, 3.8) is 0 Å². The van der Waals surface area contributed by atoms with Crippen LogP contribution in [0.5, 0.6) is 0 Å². The Labute approximate surface area is 71.8 Å². The molecule has 0 aliphatic heterocycles. The quantitative estimate of drug-likeness (QED) is 0.308. The predicted molar refractivity (Wildman–Crippen MR) is 48.6 cm³/mol. The summed E-state index contributed by atoms with van der Waals surface area (Å²) < 4.78 is 0. The average Bonchev–Trinajstić information content (AvgIpc) is 2.03. The van der Waals surface area contributed by atoms with E-state index in [-0.39, 0.29) is 0 Å². The van der Waals surface area contributed by atoms with Crippen LogP contribution in [-0.2, 0) is 4.79 Å². The lowest BCUT2D eigenvalue weighted by Crippen LogP contribution is -2.29. The Morgan fingerprint density at radius 2 is 2.08 bits per heavy atom. The fourth-order valence-corrected chi connectivity index (χ4v) is 1.15. The van der Waals surface area contributed by atoms with E-state index < -0.39 is 0 Å². The number of carbonyl (C=O) groups is 1. The van der Waals surface area contributed by atoms with Gasteiger partial charge in [0.15, 0.2) is 0 Å². The average molecular weight is 164 g/mol. The Hall–Kier alpha value is -1.35. The molecule has 12 heavy (non-hydrogen) atoms. The minimum atomic E-state index is 0.595. The van der Waals surface area contributed by atoms with Crippen molar-refractivity contribution in [3.8, 4) is 0 Å². The second-order valence-corrected chi connectivity index (χ2v) is 2.80. The predicted octanol–water partition coefficient (Wildman–Crippen LogP) is 1.14. The van der Waals surface area contributed by atoms with Crippen LogP contribution in [0.15, 0.2) is 18.2 Å². The summed E-state index contributed by atoms with van der Waals surface area (Å²) in [4.78, 5) is 10.3. The lowest BCUT2D eigenvalue weighted by molar-refractivity contribution is -0.107. The van der Waals surface area contributed by atoms with Gasteiger partial charge in [-0.25, -0.2) is 5.84 Å². The number of aryl methyl sites for hydroxylation is 2. The van der Waals surface area contributed by atoms with Crippen molar-refractivity contribution < 1.29 is 4.79 Å². The normalized spacial score (nSPS) is 9.58. The molecule has 3 heteroatoms. The van der Waals surface area contributed by atoms with Crippen molar-refractivity contribution in [2.24, 2.45) is 5.84 Å². The molecule has 0 heterocycles. The Balaban J connectivity index is 3.09. The third-order valence-corrected chi connectivity index (χ3v) is 1.74. The van der Waals surface area contributed by atoms with Crippen LogP contribution < -0.4 is 10.9 Å². The summed E-state index contributed by atoms with van der Waals surface area (Å²) in [5, 5.41) is 1.08. The topological polar surface area (TPSA) is 46.3 Å². The van der Waals surface area contributed by atoms with Gasteiger partial charge in [-0.1, -0.05) is 17.7 Å². The van der Waals surface area contributed by atoms with Crippen molar-refractivity contribution in [2.45, 2.75) is 13.8 Å². The van der Waals surface area contributed by atoms with Crippen molar-refractivity contribution in [1.82, 2.24) is 0 Å². The number of hydrogen-bond acceptors (Lipinski definition) is 2. The smallest absolute Gasteiger partial charge is 0.228 e. The van der Waals surface area contributed by atoms with E-state index in [0.717, 1.165) is 21.8 Å². The molecule has 1 rings (SSSR count). The zero-order chi connectivity index (χ0) is 9.14. The van der Waals surface area contributed by atoms with Gasteiger partial charge in [-0.3, -0.25) is 9.80 Å². The first-order valence-corrected chi connectivity index (χ1v) is 3.71. The van der Waals surface area contributed by atoms with E-state index in [4.69, 9.17) is 5.84 Å². The maximum Gasteiger partial charge on any atom is 0.228 e. The van der Waals surface area contributed by atoms with E-state index >= 15 is 0 Å². The lowest BCUT2D eigenvalue weighted by Gasteiger charge is -2.13. The monoisotopic (exact) mass is 164 g/mol. The Morgan fingerprint density at radius 1 is 1.42 bits per heavy atom. The fourth-order valence-electron chi connectivity index (χ4n) is 1.15. The first kappa shape index (κ1) is 8.74.